The Balaban J connectivity index is 2.62. The third-order valence-corrected chi connectivity index (χ3v) is 1.76. The Morgan fingerprint density at radius 2 is 1.77 bits per heavy atom. The predicted octanol–water partition coefficient (Wildman–Crippen LogP) is -0.321. The van der Waals surface area contributed by atoms with Gasteiger partial charge in [0.25, 0.3) is 0 Å². The highest BCUT2D eigenvalue weighted by atomic mass is 16.7. The third kappa shape index (κ3) is 2.67. The Labute approximate surface area is 74.1 Å². The molecule has 0 amide bonds. The molecule has 1 rings (SSSR count). The van der Waals surface area contributed by atoms with Crippen LogP contribution < -0.4 is 0 Å². The normalized spacial score (nSPS) is 20.0. The molecule has 0 aromatic heterocycles. The molecule has 1 aliphatic rings. The molecular formula is C7H10O6. The van der Waals surface area contributed by atoms with Crippen molar-refractivity contribution in [1.82, 2.24) is 0 Å². The molecule has 0 saturated carbocycles. The van der Waals surface area contributed by atoms with Gasteiger partial charge in [-0.15, -0.1) is 0 Å². The molecule has 1 aliphatic heterocycles. The molecule has 0 aromatic carbocycles. The third-order valence-electron chi connectivity index (χ3n) is 1.76. The van der Waals surface area contributed by atoms with Crippen LogP contribution in [0.15, 0.2) is 0 Å². The van der Waals surface area contributed by atoms with Gasteiger partial charge in [0, 0.05) is 0 Å². The topological polar surface area (TPSA) is 93.1 Å². The Morgan fingerprint density at radius 1 is 1.23 bits per heavy atom. The lowest BCUT2D eigenvalue weighted by Gasteiger charge is -2.21. The second kappa shape index (κ2) is 3.71. The molecule has 74 valence electrons. The van der Waals surface area contributed by atoms with Gasteiger partial charge >= 0.3 is 11.9 Å². The fourth-order valence-electron chi connectivity index (χ4n) is 1.25. The van der Waals surface area contributed by atoms with Crippen molar-refractivity contribution in [3.05, 3.63) is 0 Å². The lowest BCUT2D eigenvalue weighted by atomic mass is 9.97. The highest BCUT2D eigenvalue weighted by Crippen LogP contribution is 2.26. The van der Waals surface area contributed by atoms with Crippen LogP contribution in [0, 0.1) is 0 Å². The van der Waals surface area contributed by atoms with Gasteiger partial charge in [-0.3, -0.25) is 9.59 Å². The largest absolute Gasteiger partial charge is 0.481 e. The number of hydrogen-bond donors (Lipinski definition) is 2. The van der Waals surface area contributed by atoms with Gasteiger partial charge in [0.1, 0.15) is 12.4 Å². The molecule has 1 heterocycles. The molecule has 0 aromatic rings. The number of aliphatic carboxylic acids is 2. The first kappa shape index (κ1) is 9.94. The van der Waals surface area contributed by atoms with Crippen LogP contribution in [-0.4, -0.2) is 41.2 Å². The summed E-state index contributed by atoms with van der Waals surface area (Å²) in [6.45, 7) is -0.0217. The van der Waals surface area contributed by atoms with Crippen LogP contribution in [0.5, 0.6) is 0 Å². The zero-order valence-electron chi connectivity index (χ0n) is 6.86. The van der Waals surface area contributed by atoms with E-state index in [0.29, 0.717) is 0 Å². The van der Waals surface area contributed by atoms with Gasteiger partial charge in [-0.05, 0) is 0 Å². The molecular weight excluding hydrogens is 180 g/mol. The summed E-state index contributed by atoms with van der Waals surface area (Å²) >= 11 is 0. The van der Waals surface area contributed by atoms with Crippen molar-refractivity contribution in [1.29, 1.82) is 0 Å². The maximum Gasteiger partial charge on any atom is 0.306 e. The Morgan fingerprint density at radius 3 is 2.08 bits per heavy atom. The van der Waals surface area contributed by atoms with E-state index in [1.807, 2.05) is 0 Å². The van der Waals surface area contributed by atoms with Crippen molar-refractivity contribution in [2.24, 2.45) is 0 Å². The zero-order chi connectivity index (χ0) is 9.90. The Kier molecular flexibility index (Phi) is 2.84. The summed E-state index contributed by atoms with van der Waals surface area (Å²) in [6.07, 6.45) is -0.696. The molecule has 2 N–H and O–H groups in total. The van der Waals surface area contributed by atoms with Crippen LogP contribution in [-0.2, 0) is 19.1 Å². The average molecular weight is 190 g/mol. The summed E-state index contributed by atoms with van der Waals surface area (Å²) in [7, 11) is 0. The standard InChI is InChI=1S/C7H10O6/c8-5(9)1-7(2-6(10)11)3-12-4-13-7/h1-4H2,(H,8,9)(H,10,11). The highest BCUT2D eigenvalue weighted by Gasteiger charge is 2.40. The molecule has 0 bridgehead atoms. The van der Waals surface area contributed by atoms with Crippen LogP contribution in [0.4, 0.5) is 0 Å². The first-order valence-corrected chi connectivity index (χ1v) is 3.69. The number of rotatable bonds is 4. The van der Waals surface area contributed by atoms with Gasteiger partial charge in [0.15, 0.2) is 0 Å². The Hall–Kier alpha value is -1.14. The van der Waals surface area contributed by atoms with Gasteiger partial charge in [-0.2, -0.15) is 0 Å². The monoisotopic (exact) mass is 190 g/mol. The number of carbonyl (C=O) groups is 2. The Bertz CT molecular complexity index is 199. The van der Waals surface area contributed by atoms with Gasteiger partial charge in [0.2, 0.25) is 0 Å². The van der Waals surface area contributed by atoms with Gasteiger partial charge in [-0.25, -0.2) is 0 Å². The molecule has 0 radical (unpaired) electrons. The van der Waals surface area contributed by atoms with Crippen molar-refractivity contribution < 1.29 is 29.3 Å². The van der Waals surface area contributed by atoms with E-state index in [2.05, 4.69) is 0 Å². The van der Waals surface area contributed by atoms with Gasteiger partial charge in [-0.1, -0.05) is 0 Å². The first-order valence-electron chi connectivity index (χ1n) is 3.69. The van der Waals surface area contributed by atoms with E-state index in [9.17, 15) is 9.59 Å². The predicted molar refractivity (Wildman–Crippen MR) is 39.1 cm³/mol. The van der Waals surface area contributed by atoms with E-state index in [0.717, 1.165) is 0 Å². The minimum atomic E-state index is -1.18. The van der Waals surface area contributed by atoms with Crippen LogP contribution in [0.25, 0.3) is 0 Å². The maximum atomic E-state index is 10.4. The van der Waals surface area contributed by atoms with Crippen LogP contribution >= 0.6 is 0 Å². The molecule has 1 saturated heterocycles. The van der Waals surface area contributed by atoms with E-state index in [1.54, 1.807) is 0 Å². The van der Waals surface area contributed by atoms with Gasteiger partial charge < -0.3 is 19.7 Å². The summed E-state index contributed by atoms with van der Waals surface area (Å²) in [5.41, 5.74) is -1.18. The summed E-state index contributed by atoms with van der Waals surface area (Å²) < 4.78 is 9.79. The molecule has 6 heteroatoms. The number of ether oxygens (including phenoxy) is 2. The number of hydrogen-bond acceptors (Lipinski definition) is 4. The molecule has 0 unspecified atom stereocenters. The highest BCUT2D eigenvalue weighted by molar-refractivity contribution is 5.72. The van der Waals surface area contributed by atoms with Crippen molar-refractivity contribution in [3.63, 3.8) is 0 Å². The minimum Gasteiger partial charge on any atom is -0.481 e. The average Bonchev–Trinajstić information content (AvgIpc) is 2.33. The fourth-order valence-corrected chi connectivity index (χ4v) is 1.25. The minimum absolute atomic E-state index is 0.0194. The molecule has 0 spiro atoms. The SMILES string of the molecule is O=C(O)CC1(CC(=O)O)COCO1. The van der Waals surface area contributed by atoms with Crippen molar-refractivity contribution in [2.75, 3.05) is 13.4 Å². The van der Waals surface area contributed by atoms with Crippen LogP contribution in [0.1, 0.15) is 12.8 Å². The van der Waals surface area contributed by atoms with Crippen molar-refractivity contribution in [3.8, 4) is 0 Å². The smallest absolute Gasteiger partial charge is 0.306 e. The van der Waals surface area contributed by atoms with E-state index < -0.39 is 17.5 Å². The zero-order valence-corrected chi connectivity index (χ0v) is 6.86. The van der Waals surface area contributed by atoms with Crippen LogP contribution in [0.2, 0.25) is 0 Å². The fraction of sp³-hybridized carbons (Fsp3) is 0.714. The van der Waals surface area contributed by atoms with Crippen molar-refractivity contribution >= 4 is 11.9 Å². The number of carboxylic acids is 2. The van der Waals surface area contributed by atoms with Crippen LogP contribution in [0.3, 0.4) is 0 Å². The second-order valence-electron chi connectivity index (χ2n) is 2.93. The molecule has 0 aliphatic carbocycles. The van der Waals surface area contributed by atoms with E-state index in [4.69, 9.17) is 19.7 Å². The lowest BCUT2D eigenvalue weighted by molar-refractivity contribution is -0.148. The quantitative estimate of drug-likeness (QED) is 0.631. The summed E-state index contributed by atoms with van der Waals surface area (Å²) in [6, 6.07) is 0. The second-order valence-corrected chi connectivity index (χ2v) is 2.93. The summed E-state index contributed by atoms with van der Waals surface area (Å²) in [5, 5.41) is 17.0. The maximum absolute atomic E-state index is 10.4. The summed E-state index contributed by atoms with van der Waals surface area (Å²) in [4.78, 5) is 20.8. The molecule has 6 nitrogen and oxygen atoms in total. The lowest BCUT2D eigenvalue weighted by Crippen LogP contribution is -2.37. The molecule has 13 heavy (non-hydrogen) atoms. The van der Waals surface area contributed by atoms with Gasteiger partial charge in [0.05, 0.1) is 19.4 Å². The van der Waals surface area contributed by atoms with E-state index >= 15 is 0 Å². The first-order chi connectivity index (χ1) is 6.04. The van der Waals surface area contributed by atoms with Crippen molar-refractivity contribution in [2.45, 2.75) is 18.4 Å². The summed E-state index contributed by atoms with van der Waals surface area (Å²) in [5.74, 6) is -2.18. The number of carboxylic acid groups (broad SMARTS) is 2. The van der Waals surface area contributed by atoms with E-state index in [-0.39, 0.29) is 26.2 Å². The molecule has 1 fully saturated rings. The molecule has 0 atom stereocenters. The van der Waals surface area contributed by atoms with E-state index in [1.165, 1.54) is 0 Å².